The van der Waals surface area contributed by atoms with Crippen molar-refractivity contribution >= 4 is 0 Å². The number of hydrogen-bond acceptors (Lipinski definition) is 1. The third-order valence-corrected chi connectivity index (χ3v) is 4.01. The first-order valence-electron chi connectivity index (χ1n) is 7.57. The minimum absolute atomic E-state index is 0.511. The number of hydrogen-bond donors (Lipinski definition) is 1. The molecule has 0 aliphatic carbocycles. The van der Waals surface area contributed by atoms with Crippen molar-refractivity contribution in [1.29, 1.82) is 0 Å². The van der Waals surface area contributed by atoms with Crippen LogP contribution in [0.2, 0.25) is 0 Å². The zero-order chi connectivity index (χ0) is 13.4. The zero-order valence-corrected chi connectivity index (χ0v) is 12.5. The first-order valence-corrected chi connectivity index (χ1v) is 7.57. The predicted octanol–water partition coefficient (Wildman–Crippen LogP) is 4.73. The van der Waals surface area contributed by atoms with Gasteiger partial charge < -0.3 is 5.32 Å². The summed E-state index contributed by atoms with van der Waals surface area (Å²) in [4.78, 5) is 0. The highest BCUT2D eigenvalue weighted by molar-refractivity contribution is 5.25. The molecule has 1 unspecified atom stereocenters. The van der Waals surface area contributed by atoms with E-state index in [2.05, 4.69) is 57.3 Å². The van der Waals surface area contributed by atoms with Gasteiger partial charge in [0.25, 0.3) is 0 Å². The zero-order valence-electron chi connectivity index (χ0n) is 12.5. The summed E-state index contributed by atoms with van der Waals surface area (Å²) in [7, 11) is 0. The van der Waals surface area contributed by atoms with Crippen molar-refractivity contribution in [3.8, 4) is 0 Å². The second kappa shape index (κ2) is 8.31. The molecule has 1 heteroatoms. The van der Waals surface area contributed by atoms with E-state index in [0.717, 1.165) is 25.3 Å². The van der Waals surface area contributed by atoms with Gasteiger partial charge in [0.15, 0.2) is 0 Å². The van der Waals surface area contributed by atoms with E-state index in [1.165, 1.54) is 24.0 Å². The second-order valence-corrected chi connectivity index (χ2v) is 5.15. The van der Waals surface area contributed by atoms with Crippen LogP contribution in [0, 0.1) is 5.92 Å². The lowest BCUT2D eigenvalue weighted by molar-refractivity contribution is 0.406. The molecule has 1 atom stereocenters. The molecule has 0 heterocycles. The predicted molar refractivity (Wildman–Crippen MR) is 80.9 cm³/mol. The Bertz CT molecular complexity index is 311. The van der Waals surface area contributed by atoms with Crippen molar-refractivity contribution in [2.24, 2.45) is 5.92 Å². The Morgan fingerprint density at radius 2 is 1.50 bits per heavy atom. The maximum Gasteiger partial charge on any atom is 0.0317 e. The maximum absolute atomic E-state index is 3.73. The van der Waals surface area contributed by atoms with Gasteiger partial charge >= 0.3 is 0 Å². The summed E-state index contributed by atoms with van der Waals surface area (Å²) in [5, 5.41) is 3.73. The van der Waals surface area contributed by atoms with Crippen molar-refractivity contribution in [2.75, 3.05) is 6.54 Å². The second-order valence-electron chi connectivity index (χ2n) is 5.15. The van der Waals surface area contributed by atoms with Gasteiger partial charge in [0.05, 0.1) is 0 Å². The summed E-state index contributed by atoms with van der Waals surface area (Å²) in [6, 6.07) is 9.60. The molecule has 0 fully saturated rings. The molecule has 0 saturated heterocycles. The Kier molecular flexibility index (Phi) is 7.04. The monoisotopic (exact) mass is 247 g/mol. The number of aryl methyl sites for hydroxylation is 1. The quantitative estimate of drug-likeness (QED) is 0.700. The molecular formula is C17H29N. The third kappa shape index (κ3) is 4.45. The molecule has 1 aromatic rings. The standard InChI is InChI=1S/C17H29N/c1-5-14(6-2)13-18-17(8-4)16-11-9-15(7-3)10-12-16/h9-12,14,17-18H,5-8,13H2,1-4H3. The molecule has 102 valence electrons. The minimum Gasteiger partial charge on any atom is -0.310 e. The Balaban J connectivity index is 2.58. The summed E-state index contributed by atoms with van der Waals surface area (Å²) in [5.41, 5.74) is 2.86. The molecule has 0 aliphatic heterocycles. The molecule has 18 heavy (non-hydrogen) atoms. The van der Waals surface area contributed by atoms with Crippen LogP contribution < -0.4 is 5.32 Å². The Hall–Kier alpha value is -0.820. The minimum atomic E-state index is 0.511. The SMILES string of the molecule is CCc1ccc(C(CC)NCC(CC)CC)cc1. The lowest BCUT2D eigenvalue weighted by atomic mass is 9.99. The van der Waals surface area contributed by atoms with Gasteiger partial charge in [-0.1, -0.05) is 64.8 Å². The Morgan fingerprint density at radius 3 is 1.94 bits per heavy atom. The highest BCUT2D eigenvalue weighted by Crippen LogP contribution is 2.18. The van der Waals surface area contributed by atoms with Gasteiger partial charge in [0, 0.05) is 6.04 Å². The van der Waals surface area contributed by atoms with Crippen LogP contribution in [-0.4, -0.2) is 6.54 Å². The van der Waals surface area contributed by atoms with Gasteiger partial charge in [-0.15, -0.1) is 0 Å². The molecule has 1 rings (SSSR count). The molecule has 0 aromatic heterocycles. The largest absolute Gasteiger partial charge is 0.310 e. The van der Waals surface area contributed by atoms with Gasteiger partial charge in [-0.2, -0.15) is 0 Å². The van der Waals surface area contributed by atoms with Crippen molar-refractivity contribution < 1.29 is 0 Å². The van der Waals surface area contributed by atoms with Crippen molar-refractivity contribution in [3.63, 3.8) is 0 Å². The molecule has 0 amide bonds. The smallest absolute Gasteiger partial charge is 0.0317 e. The summed E-state index contributed by atoms with van der Waals surface area (Å²) < 4.78 is 0. The molecule has 0 bridgehead atoms. The summed E-state index contributed by atoms with van der Waals surface area (Å²) in [6.07, 6.45) is 4.83. The van der Waals surface area contributed by atoms with Gasteiger partial charge in [0.2, 0.25) is 0 Å². The van der Waals surface area contributed by atoms with E-state index in [1.54, 1.807) is 0 Å². The first kappa shape index (κ1) is 15.2. The maximum atomic E-state index is 3.73. The first-order chi connectivity index (χ1) is 8.74. The van der Waals surface area contributed by atoms with Gasteiger partial charge in [-0.3, -0.25) is 0 Å². The highest BCUT2D eigenvalue weighted by Gasteiger charge is 2.10. The number of benzene rings is 1. The van der Waals surface area contributed by atoms with E-state index in [9.17, 15) is 0 Å². The highest BCUT2D eigenvalue weighted by atomic mass is 14.9. The van der Waals surface area contributed by atoms with Crippen LogP contribution in [0.5, 0.6) is 0 Å². The van der Waals surface area contributed by atoms with Crippen LogP contribution in [-0.2, 0) is 6.42 Å². The van der Waals surface area contributed by atoms with E-state index < -0.39 is 0 Å². The van der Waals surface area contributed by atoms with Crippen LogP contribution >= 0.6 is 0 Å². The van der Waals surface area contributed by atoms with Gasteiger partial charge in [-0.05, 0) is 36.4 Å². The lowest BCUT2D eigenvalue weighted by Crippen LogP contribution is -2.26. The fraction of sp³-hybridized carbons (Fsp3) is 0.647. The fourth-order valence-corrected chi connectivity index (χ4v) is 2.37. The molecule has 0 saturated carbocycles. The average Bonchev–Trinajstić information content (AvgIpc) is 2.44. The van der Waals surface area contributed by atoms with E-state index in [-0.39, 0.29) is 0 Å². The van der Waals surface area contributed by atoms with Crippen molar-refractivity contribution in [3.05, 3.63) is 35.4 Å². The Labute approximate surface area is 113 Å². The van der Waals surface area contributed by atoms with Crippen LogP contribution in [0.25, 0.3) is 0 Å². The molecule has 0 radical (unpaired) electrons. The molecule has 1 nitrogen and oxygen atoms in total. The molecular weight excluding hydrogens is 218 g/mol. The van der Waals surface area contributed by atoms with E-state index >= 15 is 0 Å². The van der Waals surface area contributed by atoms with Crippen molar-refractivity contribution in [2.45, 2.75) is 59.4 Å². The van der Waals surface area contributed by atoms with Gasteiger partial charge in [-0.25, -0.2) is 0 Å². The normalized spacial score (nSPS) is 12.9. The Morgan fingerprint density at radius 1 is 0.889 bits per heavy atom. The summed E-state index contributed by atoms with van der Waals surface area (Å²) in [5.74, 6) is 0.814. The van der Waals surface area contributed by atoms with E-state index in [4.69, 9.17) is 0 Å². The average molecular weight is 247 g/mol. The van der Waals surface area contributed by atoms with E-state index in [0.29, 0.717) is 6.04 Å². The molecule has 1 aromatic carbocycles. The van der Waals surface area contributed by atoms with E-state index in [1.807, 2.05) is 0 Å². The molecule has 0 spiro atoms. The van der Waals surface area contributed by atoms with Crippen LogP contribution in [0.4, 0.5) is 0 Å². The summed E-state index contributed by atoms with van der Waals surface area (Å²) >= 11 is 0. The van der Waals surface area contributed by atoms with Crippen LogP contribution in [0.15, 0.2) is 24.3 Å². The topological polar surface area (TPSA) is 12.0 Å². The molecule has 0 aliphatic rings. The van der Waals surface area contributed by atoms with Crippen LogP contribution in [0.1, 0.15) is 64.1 Å². The van der Waals surface area contributed by atoms with Crippen LogP contribution in [0.3, 0.4) is 0 Å². The lowest BCUT2D eigenvalue weighted by Gasteiger charge is -2.21. The molecule has 1 N–H and O–H groups in total. The third-order valence-electron chi connectivity index (χ3n) is 4.01. The fourth-order valence-electron chi connectivity index (χ4n) is 2.37. The van der Waals surface area contributed by atoms with Crippen molar-refractivity contribution in [1.82, 2.24) is 5.32 Å². The number of rotatable bonds is 8. The number of nitrogens with one attached hydrogen (secondary N) is 1. The summed E-state index contributed by atoms with van der Waals surface area (Å²) in [6.45, 7) is 10.2. The van der Waals surface area contributed by atoms with Gasteiger partial charge in [0.1, 0.15) is 0 Å².